The highest BCUT2D eigenvalue weighted by atomic mass is 32.2. The van der Waals surface area contributed by atoms with Crippen molar-refractivity contribution in [1.82, 2.24) is 9.55 Å². The molecular weight excluding hydrogens is 276 g/mol. The van der Waals surface area contributed by atoms with Crippen LogP contribution in [0.5, 0.6) is 0 Å². The van der Waals surface area contributed by atoms with Crippen LogP contribution in [0, 0.1) is 4.77 Å². The van der Waals surface area contributed by atoms with Crippen LogP contribution in [0.1, 0.15) is 19.3 Å². The van der Waals surface area contributed by atoms with Crippen molar-refractivity contribution in [3.8, 4) is 0 Å². The van der Waals surface area contributed by atoms with Crippen molar-refractivity contribution in [2.75, 3.05) is 6.26 Å². The first kappa shape index (κ1) is 12.9. The zero-order valence-electron chi connectivity index (χ0n) is 10.8. The summed E-state index contributed by atoms with van der Waals surface area (Å²) in [7, 11) is 0. The molecule has 1 heterocycles. The van der Waals surface area contributed by atoms with Crippen LogP contribution in [0.2, 0.25) is 0 Å². The maximum Gasteiger partial charge on any atom is 0.262 e. The van der Waals surface area contributed by atoms with Gasteiger partial charge in [-0.25, -0.2) is 0 Å². The molecule has 19 heavy (non-hydrogen) atoms. The van der Waals surface area contributed by atoms with E-state index in [1.807, 2.05) is 36.0 Å². The van der Waals surface area contributed by atoms with Crippen LogP contribution in [-0.2, 0) is 6.54 Å². The predicted molar refractivity (Wildman–Crippen MR) is 83.5 cm³/mol. The van der Waals surface area contributed by atoms with E-state index in [0.29, 0.717) is 16.7 Å². The van der Waals surface area contributed by atoms with Crippen LogP contribution in [0.4, 0.5) is 0 Å². The molecule has 1 saturated carbocycles. The van der Waals surface area contributed by atoms with E-state index in [0.717, 1.165) is 5.52 Å². The van der Waals surface area contributed by atoms with Crippen LogP contribution in [-0.4, -0.2) is 20.6 Å². The molecule has 100 valence electrons. The van der Waals surface area contributed by atoms with Crippen LogP contribution in [0.3, 0.4) is 0 Å². The van der Waals surface area contributed by atoms with Crippen molar-refractivity contribution < 1.29 is 0 Å². The third kappa shape index (κ3) is 2.15. The van der Waals surface area contributed by atoms with Crippen LogP contribution in [0.25, 0.3) is 10.9 Å². The number of aromatic nitrogens is 2. The quantitative estimate of drug-likeness (QED) is 0.882. The topological polar surface area (TPSA) is 37.8 Å². The average molecular weight is 292 g/mol. The van der Waals surface area contributed by atoms with Gasteiger partial charge in [0.15, 0.2) is 4.77 Å². The van der Waals surface area contributed by atoms with Gasteiger partial charge in [-0.15, -0.1) is 0 Å². The average Bonchev–Trinajstić information content (AvgIpc) is 2.37. The van der Waals surface area contributed by atoms with E-state index in [-0.39, 0.29) is 10.3 Å². The van der Waals surface area contributed by atoms with Crippen LogP contribution in [0.15, 0.2) is 29.1 Å². The number of hydrogen-bond acceptors (Lipinski definition) is 3. The van der Waals surface area contributed by atoms with Gasteiger partial charge in [0.25, 0.3) is 5.56 Å². The summed E-state index contributed by atoms with van der Waals surface area (Å²) in [6, 6.07) is 7.54. The first-order valence-corrected chi connectivity index (χ1v) is 8.06. The molecule has 1 aliphatic carbocycles. The van der Waals surface area contributed by atoms with E-state index in [4.69, 9.17) is 12.2 Å². The summed E-state index contributed by atoms with van der Waals surface area (Å²) in [5, 5.41) is 0.715. The van der Waals surface area contributed by atoms with Crippen molar-refractivity contribution in [2.24, 2.45) is 0 Å². The zero-order chi connectivity index (χ0) is 13.5. The molecule has 0 aliphatic heterocycles. The largest absolute Gasteiger partial charge is 0.332 e. The Balaban J connectivity index is 2.14. The Morgan fingerprint density at radius 2 is 2.16 bits per heavy atom. The number of hydrogen-bond donors (Lipinski definition) is 1. The molecule has 3 rings (SSSR count). The number of benzene rings is 1. The molecule has 2 aromatic rings. The number of thioether (sulfide) groups is 1. The van der Waals surface area contributed by atoms with Crippen molar-refractivity contribution >= 4 is 34.9 Å². The number of para-hydroxylation sites is 1. The summed E-state index contributed by atoms with van der Waals surface area (Å²) in [5.74, 6) is 0. The molecule has 1 N–H and O–H groups in total. The number of nitrogens with zero attached hydrogens (tertiary/aromatic N) is 1. The third-order valence-corrected chi connectivity index (χ3v) is 5.76. The lowest BCUT2D eigenvalue weighted by atomic mass is 9.84. The number of nitrogens with one attached hydrogen (secondary N) is 1. The molecule has 1 fully saturated rings. The van der Waals surface area contributed by atoms with E-state index in [2.05, 4.69) is 11.2 Å². The molecule has 0 amide bonds. The maximum absolute atomic E-state index is 12.5. The van der Waals surface area contributed by atoms with Gasteiger partial charge in [0.2, 0.25) is 0 Å². The second-order valence-corrected chi connectivity index (χ2v) is 6.77. The van der Waals surface area contributed by atoms with Gasteiger partial charge in [0.05, 0.1) is 10.9 Å². The van der Waals surface area contributed by atoms with E-state index in [1.54, 1.807) is 4.57 Å². The van der Waals surface area contributed by atoms with Gasteiger partial charge in [-0.1, -0.05) is 18.6 Å². The predicted octanol–water partition coefficient (Wildman–Crippen LogP) is 3.34. The molecule has 0 atom stereocenters. The summed E-state index contributed by atoms with van der Waals surface area (Å²) in [4.78, 5) is 15.7. The van der Waals surface area contributed by atoms with Gasteiger partial charge in [-0.3, -0.25) is 9.36 Å². The Hall–Kier alpha value is -1.07. The molecule has 0 unspecified atom stereocenters. The second kappa shape index (κ2) is 4.80. The molecule has 5 heteroatoms. The fourth-order valence-corrected chi connectivity index (χ4v) is 3.84. The lowest BCUT2D eigenvalue weighted by molar-refractivity contribution is 0.316. The highest BCUT2D eigenvalue weighted by Gasteiger charge is 2.37. The Morgan fingerprint density at radius 3 is 2.79 bits per heavy atom. The smallest absolute Gasteiger partial charge is 0.262 e. The minimum atomic E-state index is 0.0275. The summed E-state index contributed by atoms with van der Waals surface area (Å²) in [6.07, 6.45) is 5.71. The Morgan fingerprint density at radius 1 is 1.42 bits per heavy atom. The molecule has 0 saturated heterocycles. The third-order valence-electron chi connectivity index (χ3n) is 4.03. The fourth-order valence-electron chi connectivity index (χ4n) is 2.63. The zero-order valence-corrected chi connectivity index (χ0v) is 12.4. The van der Waals surface area contributed by atoms with Gasteiger partial charge in [-0.05, 0) is 43.4 Å². The maximum atomic E-state index is 12.5. The molecule has 0 spiro atoms. The number of fused-ring (bicyclic) bond motifs is 1. The number of H-pyrrole nitrogens is 1. The van der Waals surface area contributed by atoms with Gasteiger partial charge < -0.3 is 4.98 Å². The number of rotatable bonds is 3. The molecule has 0 bridgehead atoms. The molecule has 1 aromatic heterocycles. The normalized spacial score (nSPS) is 17.3. The first-order chi connectivity index (χ1) is 9.15. The molecule has 0 radical (unpaired) electrons. The van der Waals surface area contributed by atoms with Gasteiger partial charge in [0.1, 0.15) is 0 Å². The summed E-state index contributed by atoms with van der Waals surface area (Å²) in [5.41, 5.74) is 0.847. The van der Waals surface area contributed by atoms with E-state index < -0.39 is 0 Å². The Bertz CT molecular complexity index is 723. The SMILES string of the molecule is CSC1(Cn2c(=S)[nH]c3ccccc3c2=O)CCC1. The highest BCUT2D eigenvalue weighted by molar-refractivity contribution is 8.00. The van der Waals surface area contributed by atoms with Crippen molar-refractivity contribution in [2.45, 2.75) is 30.6 Å². The molecule has 3 nitrogen and oxygen atoms in total. The minimum Gasteiger partial charge on any atom is -0.332 e. The summed E-state index contributed by atoms with van der Waals surface area (Å²) < 4.78 is 2.46. The van der Waals surface area contributed by atoms with Crippen LogP contribution < -0.4 is 5.56 Å². The summed E-state index contributed by atoms with van der Waals surface area (Å²) >= 11 is 7.21. The Labute approximate surface area is 121 Å². The lowest BCUT2D eigenvalue weighted by Crippen LogP contribution is -2.41. The van der Waals surface area contributed by atoms with Crippen LogP contribution >= 0.6 is 24.0 Å². The number of aromatic amines is 1. The lowest BCUT2D eigenvalue weighted by Gasteiger charge is -2.40. The van der Waals surface area contributed by atoms with Gasteiger partial charge in [0, 0.05) is 11.3 Å². The van der Waals surface area contributed by atoms with E-state index >= 15 is 0 Å². The van der Waals surface area contributed by atoms with Gasteiger partial charge >= 0.3 is 0 Å². The molecule has 1 aliphatic rings. The monoisotopic (exact) mass is 292 g/mol. The van der Waals surface area contributed by atoms with Crippen molar-refractivity contribution in [3.05, 3.63) is 39.4 Å². The highest BCUT2D eigenvalue weighted by Crippen LogP contribution is 2.43. The fraction of sp³-hybridized carbons (Fsp3) is 0.429. The minimum absolute atomic E-state index is 0.0275. The van der Waals surface area contributed by atoms with Crippen molar-refractivity contribution in [3.63, 3.8) is 0 Å². The summed E-state index contributed by atoms with van der Waals surface area (Å²) in [6.45, 7) is 0.715. The van der Waals surface area contributed by atoms with E-state index in [9.17, 15) is 4.79 Å². The van der Waals surface area contributed by atoms with Crippen molar-refractivity contribution in [1.29, 1.82) is 0 Å². The first-order valence-electron chi connectivity index (χ1n) is 6.42. The van der Waals surface area contributed by atoms with E-state index in [1.165, 1.54) is 19.3 Å². The standard InChI is InChI=1S/C14H16N2OS2/c1-19-14(7-4-8-14)9-16-12(17)10-5-2-3-6-11(10)15-13(16)18/h2-3,5-6H,4,7-9H2,1H3,(H,15,18). The Kier molecular flexibility index (Phi) is 3.27. The molecular formula is C14H16N2OS2. The second-order valence-electron chi connectivity index (χ2n) is 5.11. The molecule has 1 aromatic carbocycles. The van der Waals surface area contributed by atoms with Gasteiger partial charge in [-0.2, -0.15) is 11.8 Å².